The third kappa shape index (κ3) is 4.22. The summed E-state index contributed by atoms with van der Waals surface area (Å²) in [4.78, 5) is 9.60. The number of hydrogen-bond donors (Lipinski definition) is 1. The van der Waals surface area contributed by atoms with Gasteiger partial charge in [-0.05, 0) is 32.9 Å². The second-order valence-electron chi connectivity index (χ2n) is 4.38. The number of carbonyl (C=O) groups excluding carboxylic acids is 1. The normalized spacial score (nSPS) is 10.6. The standard InChI is InChI=1S/C7H5FN2.C5H10O2/c8-7-5-3-1-2-4-6(5)9-10-7;1-5(2,3)7-4-6/h1-4H,(H,9,10);4H,1-3H3. The van der Waals surface area contributed by atoms with Crippen LogP contribution in [0.15, 0.2) is 24.3 Å². The summed E-state index contributed by atoms with van der Waals surface area (Å²) < 4.78 is 17.2. The van der Waals surface area contributed by atoms with Crippen LogP contribution in [-0.2, 0) is 9.53 Å². The van der Waals surface area contributed by atoms with Crippen molar-refractivity contribution >= 4 is 17.4 Å². The predicted octanol–water partition coefficient (Wildman–Crippen LogP) is 2.66. The minimum absolute atomic E-state index is 0.318. The Hall–Kier alpha value is -1.91. The lowest BCUT2D eigenvalue weighted by atomic mass is 10.2. The molecule has 92 valence electrons. The molecule has 17 heavy (non-hydrogen) atoms. The average Bonchev–Trinajstić information content (AvgIpc) is 2.61. The Morgan fingerprint density at radius 1 is 1.35 bits per heavy atom. The number of benzene rings is 1. The first-order chi connectivity index (χ1) is 7.94. The summed E-state index contributed by atoms with van der Waals surface area (Å²) in [6.45, 7) is 5.92. The largest absolute Gasteiger partial charge is 0.462 e. The summed E-state index contributed by atoms with van der Waals surface area (Å²) in [7, 11) is 0. The van der Waals surface area contributed by atoms with Gasteiger partial charge in [-0.2, -0.15) is 9.49 Å². The number of aromatic nitrogens is 2. The Bertz CT molecular complexity index is 488. The topological polar surface area (TPSA) is 55.0 Å². The van der Waals surface area contributed by atoms with E-state index in [1.807, 2.05) is 26.8 Å². The van der Waals surface area contributed by atoms with Crippen molar-refractivity contribution in [1.82, 2.24) is 10.2 Å². The molecule has 1 aromatic carbocycles. The van der Waals surface area contributed by atoms with Crippen molar-refractivity contribution in [2.24, 2.45) is 0 Å². The number of rotatable bonds is 1. The highest BCUT2D eigenvalue weighted by molar-refractivity contribution is 5.78. The number of para-hydroxylation sites is 1. The smallest absolute Gasteiger partial charge is 0.293 e. The number of halogens is 1. The third-order valence-electron chi connectivity index (χ3n) is 1.82. The van der Waals surface area contributed by atoms with Crippen molar-refractivity contribution in [2.75, 3.05) is 0 Å². The number of ether oxygens (including phenoxy) is 1. The van der Waals surface area contributed by atoms with Crippen LogP contribution in [0.4, 0.5) is 4.39 Å². The van der Waals surface area contributed by atoms with Gasteiger partial charge in [0.05, 0.1) is 10.9 Å². The molecule has 0 aliphatic carbocycles. The zero-order valence-corrected chi connectivity index (χ0v) is 10.0. The lowest BCUT2D eigenvalue weighted by molar-refractivity contribution is -0.138. The van der Waals surface area contributed by atoms with E-state index in [0.29, 0.717) is 17.4 Å². The molecule has 2 aromatic rings. The fourth-order valence-electron chi connectivity index (χ4n) is 1.07. The van der Waals surface area contributed by atoms with Crippen LogP contribution in [0.1, 0.15) is 20.8 Å². The molecular formula is C12H15FN2O2. The number of nitrogens with zero attached hydrogens (tertiary/aromatic N) is 1. The molecule has 1 N–H and O–H groups in total. The van der Waals surface area contributed by atoms with Gasteiger partial charge in [0.1, 0.15) is 5.60 Å². The first-order valence-electron chi connectivity index (χ1n) is 5.14. The molecule has 0 atom stereocenters. The van der Waals surface area contributed by atoms with Gasteiger partial charge in [-0.15, -0.1) is 0 Å². The van der Waals surface area contributed by atoms with Crippen LogP contribution < -0.4 is 0 Å². The monoisotopic (exact) mass is 238 g/mol. The number of fused-ring (bicyclic) bond motifs is 1. The highest BCUT2D eigenvalue weighted by Crippen LogP contribution is 2.12. The minimum atomic E-state index is -0.365. The fraction of sp³-hybridized carbons (Fsp3) is 0.333. The lowest BCUT2D eigenvalue weighted by Crippen LogP contribution is -2.17. The molecule has 0 bridgehead atoms. The Balaban J connectivity index is 0.000000185. The summed E-state index contributed by atoms with van der Waals surface area (Å²) >= 11 is 0. The zero-order chi connectivity index (χ0) is 12.9. The van der Waals surface area contributed by atoms with E-state index in [9.17, 15) is 9.18 Å². The number of hydrogen-bond acceptors (Lipinski definition) is 3. The van der Waals surface area contributed by atoms with Gasteiger partial charge in [-0.1, -0.05) is 12.1 Å². The number of nitrogens with one attached hydrogen (secondary N) is 1. The average molecular weight is 238 g/mol. The van der Waals surface area contributed by atoms with E-state index < -0.39 is 0 Å². The quantitative estimate of drug-likeness (QED) is 0.777. The van der Waals surface area contributed by atoms with E-state index >= 15 is 0 Å². The molecule has 5 heteroatoms. The Morgan fingerprint density at radius 3 is 2.47 bits per heavy atom. The van der Waals surface area contributed by atoms with Crippen LogP contribution >= 0.6 is 0 Å². The van der Waals surface area contributed by atoms with Gasteiger partial charge < -0.3 is 4.74 Å². The Kier molecular flexibility index (Phi) is 4.20. The number of H-pyrrole nitrogens is 1. The molecule has 1 aromatic heterocycles. The maximum atomic E-state index is 12.6. The summed E-state index contributed by atoms with van der Waals surface area (Å²) in [6.07, 6.45) is 0. The van der Waals surface area contributed by atoms with Crippen molar-refractivity contribution in [3.05, 3.63) is 30.2 Å². The molecule has 4 nitrogen and oxygen atoms in total. The molecule has 0 radical (unpaired) electrons. The first kappa shape index (κ1) is 13.2. The van der Waals surface area contributed by atoms with Gasteiger partial charge >= 0.3 is 0 Å². The van der Waals surface area contributed by atoms with E-state index in [2.05, 4.69) is 14.9 Å². The Morgan fingerprint density at radius 2 is 2.00 bits per heavy atom. The molecule has 0 unspecified atom stereocenters. The maximum absolute atomic E-state index is 12.6. The fourth-order valence-corrected chi connectivity index (χ4v) is 1.07. The summed E-state index contributed by atoms with van der Waals surface area (Å²) in [5, 5.41) is 6.52. The molecule has 0 spiro atoms. The van der Waals surface area contributed by atoms with E-state index in [-0.39, 0.29) is 11.5 Å². The molecule has 1 heterocycles. The summed E-state index contributed by atoms with van der Waals surface area (Å²) in [6, 6.07) is 7.05. The minimum Gasteiger partial charge on any atom is -0.462 e. The van der Waals surface area contributed by atoms with Gasteiger partial charge in [-0.25, -0.2) is 0 Å². The summed E-state index contributed by atoms with van der Waals surface area (Å²) in [5.41, 5.74) is 0.349. The van der Waals surface area contributed by atoms with E-state index in [1.165, 1.54) is 0 Å². The summed E-state index contributed by atoms with van der Waals surface area (Å²) in [5.74, 6) is -0.365. The van der Waals surface area contributed by atoms with Gasteiger partial charge in [0, 0.05) is 0 Å². The van der Waals surface area contributed by atoms with Crippen LogP contribution in [0.2, 0.25) is 0 Å². The molecule has 0 saturated carbocycles. The maximum Gasteiger partial charge on any atom is 0.293 e. The van der Waals surface area contributed by atoms with Crippen molar-refractivity contribution in [2.45, 2.75) is 26.4 Å². The van der Waals surface area contributed by atoms with Gasteiger partial charge in [0.25, 0.3) is 6.47 Å². The van der Waals surface area contributed by atoms with Crippen LogP contribution in [-0.4, -0.2) is 22.3 Å². The predicted molar refractivity (Wildman–Crippen MR) is 63.0 cm³/mol. The van der Waals surface area contributed by atoms with E-state index in [4.69, 9.17) is 0 Å². The molecule has 0 saturated heterocycles. The second-order valence-corrected chi connectivity index (χ2v) is 4.38. The molecule has 0 aliphatic rings. The van der Waals surface area contributed by atoms with Crippen LogP contribution in [0.5, 0.6) is 0 Å². The first-order valence-corrected chi connectivity index (χ1v) is 5.14. The third-order valence-corrected chi connectivity index (χ3v) is 1.82. The van der Waals surface area contributed by atoms with Crippen LogP contribution in [0.25, 0.3) is 10.9 Å². The van der Waals surface area contributed by atoms with Crippen molar-refractivity contribution in [1.29, 1.82) is 0 Å². The zero-order valence-electron chi connectivity index (χ0n) is 10.0. The molecule has 2 rings (SSSR count). The highest BCUT2D eigenvalue weighted by Gasteiger charge is 2.07. The highest BCUT2D eigenvalue weighted by atomic mass is 19.1. The van der Waals surface area contributed by atoms with E-state index in [0.717, 1.165) is 0 Å². The molecule has 0 fully saturated rings. The van der Waals surface area contributed by atoms with Crippen molar-refractivity contribution in [3.63, 3.8) is 0 Å². The Labute approximate surface area is 98.8 Å². The lowest BCUT2D eigenvalue weighted by Gasteiger charge is -2.14. The number of aromatic amines is 1. The SMILES string of the molecule is CC(C)(C)OC=O.Fc1[nH]nc2ccccc12. The van der Waals surface area contributed by atoms with Gasteiger partial charge in [-0.3, -0.25) is 9.89 Å². The molecular weight excluding hydrogens is 223 g/mol. The van der Waals surface area contributed by atoms with Crippen molar-refractivity contribution in [3.8, 4) is 0 Å². The second kappa shape index (κ2) is 5.43. The van der Waals surface area contributed by atoms with Gasteiger partial charge in [0.15, 0.2) is 0 Å². The van der Waals surface area contributed by atoms with Gasteiger partial charge in [0.2, 0.25) is 5.95 Å². The van der Waals surface area contributed by atoms with Crippen LogP contribution in [0, 0.1) is 5.95 Å². The van der Waals surface area contributed by atoms with E-state index in [1.54, 1.807) is 18.2 Å². The molecule has 0 aliphatic heterocycles. The molecule has 0 amide bonds. The van der Waals surface area contributed by atoms with Crippen LogP contribution in [0.3, 0.4) is 0 Å². The van der Waals surface area contributed by atoms with Crippen molar-refractivity contribution < 1.29 is 13.9 Å². The number of carbonyl (C=O) groups is 1.